The van der Waals surface area contributed by atoms with E-state index in [4.69, 9.17) is 14.1 Å². The number of nitrogens with one attached hydrogen (secondary N) is 2. The first-order valence-corrected chi connectivity index (χ1v) is 13.8. The van der Waals surface area contributed by atoms with Gasteiger partial charge in [0.15, 0.2) is 11.5 Å². The lowest BCUT2D eigenvalue weighted by molar-refractivity contribution is -0.119. The van der Waals surface area contributed by atoms with Crippen LogP contribution in [0.3, 0.4) is 0 Å². The molecule has 1 aromatic heterocycles. The normalized spacial score (nSPS) is 18.8. The van der Waals surface area contributed by atoms with Crippen LogP contribution in [-0.4, -0.2) is 22.3 Å². The molecule has 1 aliphatic heterocycles. The Morgan fingerprint density at radius 2 is 1.79 bits per heavy atom. The zero-order valence-electron chi connectivity index (χ0n) is 23.5. The maximum absolute atomic E-state index is 11.3. The molecule has 2 aliphatic rings. The Hall–Kier alpha value is -3.52. The highest BCUT2D eigenvalue weighted by Crippen LogP contribution is 2.40. The van der Waals surface area contributed by atoms with E-state index >= 15 is 0 Å². The summed E-state index contributed by atoms with van der Waals surface area (Å²) < 4.78 is 11.4. The molecule has 2 heterocycles. The predicted molar refractivity (Wildman–Crippen MR) is 150 cm³/mol. The Morgan fingerprint density at radius 3 is 2.47 bits per heavy atom. The fraction of sp³-hybridized carbons (Fsp3) is 0.467. The summed E-state index contributed by atoms with van der Waals surface area (Å²) in [6.07, 6.45) is 3.95. The van der Waals surface area contributed by atoms with Crippen molar-refractivity contribution in [2.75, 3.05) is 5.43 Å². The molecule has 0 spiro atoms. The van der Waals surface area contributed by atoms with Crippen LogP contribution in [0.1, 0.15) is 96.2 Å². The summed E-state index contributed by atoms with van der Waals surface area (Å²) in [4.78, 5) is 17.4. The zero-order chi connectivity index (χ0) is 27.5. The predicted octanol–water partition coefficient (Wildman–Crippen LogP) is 7.17. The van der Waals surface area contributed by atoms with Crippen LogP contribution in [0.4, 0.5) is 5.69 Å². The van der Waals surface area contributed by atoms with Gasteiger partial charge in [-0.05, 0) is 50.3 Å². The largest absolute Gasteiger partial charge is 0.489 e. The molecule has 1 amide bonds. The molecular weight excluding hydrogens is 480 g/mol. The van der Waals surface area contributed by atoms with Crippen LogP contribution in [0, 0.1) is 0 Å². The highest BCUT2D eigenvalue weighted by atomic mass is 16.7. The van der Waals surface area contributed by atoms with E-state index in [-0.39, 0.29) is 18.0 Å². The molecule has 1 unspecified atom stereocenters. The Bertz CT molecular complexity index is 1130. The molecule has 5 rings (SSSR count). The fourth-order valence-corrected chi connectivity index (χ4v) is 4.60. The average Bonchev–Trinajstić information content (AvgIpc) is 3.62. The molecule has 0 radical (unpaired) electrons. The molecule has 8 heteroatoms. The molecule has 2 N–H and O–H groups in total. The lowest BCUT2D eigenvalue weighted by Gasteiger charge is -2.32. The van der Waals surface area contributed by atoms with Crippen LogP contribution in [0.15, 0.2) is 59.1 Å². The second-order valence-electron chi connectivity index (χ2n) is 9.04. The van der Waals surface area contributed by atoms with Crippen LogP contribution in [-0.2, 0) is 11.4 Å². The molecule has 1 saturated carbocycles. The van der Waals surface area contributed by atoms with Crippen LogP contribution in [0.2, 0.25) is 0 Å². The molecule has 0 bridgehead atoms. The van der Waals surface area contributed by atoms with Gasteiger partial charge in [-0.25, -0.2) is 0 Å². The number of rotatable bonds is 7. The van der Waals surface area contributed by atoms with E-state index in [1.165, 1.54) is 6.92 Å². The van der Waals surface area contributed by atoms with Crippen LogP contribution in [0.5, 0.6) is 11.5 Å². The van der Waals surface area contributed by atoms with Gasteiger partial charge in [0, 0.05) is 25.0 Å². The minimum absolute atomic E-state index is 0.0834. The number of hydrogen-bond donors (Lipinski definition) is 2. The number of hydrazine groups is 1. The number of fused-ring (bicyclic) bond motifs is 1. The summed E-state index contributed by atoms with van der Waals surface area (Å²) >= 11 is 0. The van der Waals surface area contributed by atoms with Crippen molar-refractivity contribution in [1.29, 1.82) is 0 Å². The molecule has 8 nitrogen and oxygen atoms in total. The lowest BCUT2D eigenvalue weighted by Crippen LogP contribution is -2.40. The van der Waals surface area contributed by atoms with Gasteiger partial charge in [-0.15, -0.1) is 0 Å². The first kappa shape index (κ1) is 29.0. The van der Waals surface area contributed by atoms with Crippen molar-refractivity contribution in [3.05, 3.63) is 71.6 Å². The number of anilines is 1. The van der Waals surface area contributed by atoms with Gasteiger partial charge >= 0.3 is 0 Å². The van der Waals surface area contributed by atoms with Crippen LogP contribution < -0.4 is 20.3 Å². The van der Waals surface area contributed by atoms with Gasteiger partial charge in [0.2, 0.25) is 5.91 Å². The highest BCUT2D eigenvalue weighted by molar-refractivity contribution is 5.73. The number of carbonyl (C=O) groups excluding carboxylic acids is 1. The van der Waals surface area contributed by atoms with E-state index in [0.29, 0.717) is 18.3 Å². The van der Waals surface area contributed by atoms with Crippen molar-refractivity contribution < 1.29 is 18.9 Å². The van der Waals surface area contributed by atoms with E-state index in [2.05, 4.69) is 15.9 Å². The Balaban J connectivity index is 0.000000956. The van der Waals surface area contributed by atoms with Gasteiger partial charge in [-0.1, -0.05) is 68.4 Å². The maximum Gasteiger partial charge on any atom is 0.217 e. The monoisotopic (exact) mass is 522 g/mol. The molecule has 1 aliphatic carbocycles. The molecule has 2 aromatic carbocycles. The molecule has 206 valence electrons. The Morgan fingerprint density at radius 1 is 1.08 bits per heavy atom. The molecule has 38 heavy (non-hydrogen) atoms. The molecule has 0 saturated heterocycles. The number of carbonyl (C=O) groups is 1. The Labute approximate surface area is 226 Å². The van der Waals surface area contributed by atoms with Crippen molar-refractivity contribution in [1.82, 2.24) is 15.6 Å². The lowest BCUT2D eigenvalue weighted by atomic mass is 9.84. The summed E-state index contributed by atoms with van der Waals surface area (Å²) in [5.74, 6) is 2.52. The van der Waals surface area contributed by atoms with Gasteiger partial charge in [0.05, 0.1) is 23.5 Å². The van der Waals surface area contributed by atoms with Gasteiger partial charge in [0.1, 0.15) is 12.4 Å². The molecule has 3 aromatic rings. The topological polar surface area (TPSA) is 88.9 Å². The summed E-state index contributed by atoms with van der Waals surface area (Å²) in [6.45, 7) is 11.9. The summed E-state index contributed by atoms with van der Waals surface area (Å²) in [7, 11) is 0. The van der Waals surface area contributed by atoms with Crippen LogP contribution in [0.25, 0.3) is 0 Å². The molecular formula is C30H42N4O4. The smallest absolute Gasteiger partial charge is 0.217 e. The third kappa shape index (κ3) is 7.51. The fourth-order valence-electron chi connectivity index (χ4n) is 4.60. The van der Waals surface area contributed by atoms with Gasteiger partial charge in [0.25, 0.3) is 0 Å². The van der Waals surface area contributed by atoms with Crippen molar-refractivity contribution in [2.24, 2.45) is 0 Å². The first-order chi connectivity index (χ1) is 18.5. The highest BCUT2D eigenvalue weighted by Gasteiger charge is 2.33. The number of hydroxylamine groups is 1. The van der Waals surface area contributed by atoms with Crippen molar-refractivity contribution in [2.45, 2.75) is 91.8 Å². The third-order valence-electron chi connectivity index (χ3n) is 6.47. The zero-order valence-corrected chi connectivity index (χ0v) is 23.5. The number of benzene rings is 2. The quantitative estimate of drug-likeness (QED) is 0.340. The van der Waals surface area contributed by atoms with Crippen molar-refractivity contribution in [3.8, 4) is 11.5 Å². The number of ether oxygens (including phenoxy) is 1. The molecule has 1 fully saturated rings. The van der Waals surface area contributed by atoms with Gasteiger partial charge in [-0.2, -0.15) is 0 Å². The number of aromatic nitrogens is 1. The number of amides is 1. The van der Waals surface area contributed by atoms with E-state index in [9.17, 15) is 4.79 Å². The maximum atomic E-state index is 11.3. The van der Waals surface area contributed by atoms with E-state index in [1.807, 2.05) is 94.4 Å². The minimum Gasteiger partial charge on any atom is -0.489 e. The standard InChI is InChI=1S/C26H30N4O4.2C2H6/c1-17(27-18(2)31)25-15-24(29-33-25)20-8-10-21(11-9-20)30-28-23-13-12-22(14-26(23)34-30)32-16-19-6-4-3-5-7-19;2*1-2/h3-7,12-15,17,20-21,28H,8-11,16H2,1-2H3,(H,27,31);2*1-2H3. The summed E-state index contributed by atoms with van der Waals surface area (Å²) in [5, 5.41) is 8.98. The number of nitrogens with zero attached hydrogens (tertiary/aromatic N) is 2. The third-order valence-corrected chi connectivity index (χ3v) is 6.47. The Kier molecular flexibility index (Phi) is 11.0. The van der Waals surface area contributed by atoms with E-state index in [1.54, 1.807) is 0 Å². The summed E-state index contributed by atoms with van der Waals surface area (Å²) in [6, 6.07) is 18.1. The van der Waals surface area contributed by atoms with Gasteiger partial charge in [-0.3, -0.25) is 10.2 Å². The summed E-state index contributed by atoms with van der Waals surface area (Å²) in [5.41, 5.74) is 6.42. The number of hydrogen-bond acceptors (Lipinski definition) is 7. The van der Waals surface area contributed by atoms with Crippen molar-refractivity contribution >= 4 is 11.6 Å². The van der Waals surface area contributed by atoms with E-state index in [0.717, 1.165) is 54.1 Å². The first-order valence-electron chi connectivity index (χ1n) is 13.8. The van der Waals surface area contributed by atoms with Crippen LogP contribution >= 0.6 is 0 Å². The van der Waals surface area contributed by atoms with Gasteiger partial charge < -0.3 is 19.4 Å². The SMILES string of the molecule is CC.CC.CC(=O)NC(C)c1cc(C2CCC(N3Nc4ccc(OCc5ccccc5)cc4O3)CC2)no1. The second kappa shape index (κ2) is 14.4. The molecule has 1 atom stereocenters. The van der Waals surface area contributed by atoms with E-state index < -0.39 is 0 Å². The minimum atomic E-state index is -0.183. The van der Waals surface area contributed by atoms with Crippen molar-refractivity contribution in [3.63, 3.8) is 0 Å². The second-order valence-corrected chi connectivity index (χ2v) is 9.04. The average molecular weight is 523 g/mol.